The maximum atomic E-state index is 14.9. The van der Waals surface area contributed by atoms with Gasteiger partial charge < -0.3 is 14.2 Å². The minimum Gasteiger partial charge on any atom is -0.491 e. The number of unbranched alkanes of at least 4 members (excludes halogenated alkanes) is 3. The second kappa shape index (κ2) is 14.6. The van der Waals surface area contributed by atoms with Gasteiger partial charge in [0.25, 0.3) is 0 Å². The third-order valence-electron chi connectivity index (χ3n) is 7.74. The summed E-state index contributed by atoms with van der Waals surface area (Å²) in [5.74, 6) is -5.26. The summed E-state index contributed by atoms with van der Waals surface area (Å²) in [6, 6.07) is 10.5. The van der Waals surface area contributed by atoms with Crippen LogP contribution in [0.1, 0.15) is 93.7 Å². The van der Waals surface area contributed by atoms with E-state index in [1.807, 2.05) is 0 Å². The van der Waals surface area contributed by atoms with Crippen molar-refractivity contribution in [3.63, 3.8) is 0 Å². The summed E-state index contributed by atoms with van der Waals surface area (Å²) in [4.78, 5) is 0. The van der Waals surface area contributed by atoms with E-state index >= 15 is 0 Å². The number of ether oxygens (including phenoxy) is 3. The van der Waals surface area contributed by atoms with Crippen LogP contribution in [-0.4, -0.2) is 13.2 Å². The predicted molar refractivity (Wildman–Crippen MR) is 148 cm³/mol. The zero-order valence-corrected chi connectivity index (χ0v) is 23.6. The van der Waals surface area contributed by atoms with E-state index in [0.29, 0.717) is 37.9 Å². The lowest BCUT2D eigenvalue weighted by molar-refractivity contribution is 0.263. The Morgan fingerprint density at radius 1 is 0.634 bits per heavy atom. The van der Waals surface area contributed by atoms with Gasteiger partial charge in [0.1, 0.15) is 12.4 Å². The molecule has 0 radical (unpaired) electrons. The van der Waals surface area contributed by atoms with Crippen molar-refractivity contribution in [2.45, 2.75) is 83.7 Å². The van der Waals surface area contributed by atoms with Crippen molar-refractivity contribution >= 4 is 0 Å². The largest absolute Gasteiger partial charge is 0.491 e. The van der Waals surface area contributed by atoms with Crippen molar-refractivity contribution in [3.8, 4) is 17.2 Å². The Morgan fingerprint density at radius 3 is 1.90 bits per heavy atom. The highest BCUT2D eigenvalue weighted by Crippen LogP contribution is 2.42. The second-order valence-electron chi connectivity index (χ2n) is 10.5. The molecular weight excluding hydrogens is 539 g/mol. The van der Waals surface area contributed by atoms with Crippen molar-refractivity contribution in [1.82, 2.24) is 0 Å². The Morgan fingerprint density at radius 2 is 1.24 bits per heavy atom. The van der Waals surface area contributed by atoms with Crippen molar-refractivity contribution in [1.29, 1.82) is 0 Å². The number of hydrogen-bond donors (Lipinski definition) is 0. The van der Waals surface area contributed by atoms with Gasteiger partial charge in [-0.3, -0.25) is 0 Å². The maximum Gasteiger partial charge on any atom is 0.204 e. The molecule has 0 amide bonds. The van der Waals surface area contributed by atoms with Crippen LogP contribution < -0.4 is 14.2 Å². The molecule has 0 N–H and O–H groups in total. The van der Waals surface area contributed by atoms with Crippen LogP contribution in [0.3, 0.4) is 0 Å². The van der Waals surface area contributed by atoms with E-state index in [0.717, 1.165) is 31.2 Å². The second-order valence-corrected chi connectivity index (χ2v) is 10.5. The number of hydrogen-bond acceptors (Lipinski definition) is 3. The molecular formula is C33H37F5O3. The summed E-state index contributed by atoms with van der Waals surface area (Å²) in [5, 5.41) is 0. The van der Waals surface area contributed by atoms with Crippen LogP contribution in [0.15, 0.2) is 42.5 Å². The standard InChI is InChI=1S/C33H37F5O3/c1-3-5-6-7-18-40-28-16-17-29(33(38)32(28)37)41-20-24-13-12-23(19-26(24)34)21-8-10-22(11-9-21)25-14-15-27(39-4-2)31(36)30(25)35/h12-17,19,21-22H,3-11,18,20H2,1-2H3. The molecule has 1 aliphatic rings. The van der Waals surface area contributed by atoms with Gasteiger partial charge in [-0.05, 0) is 86.3 Å². The van der Waals surface area contributed by atoms with Gasteiger partial charge in [-0.1, -0.05) is 44.4 Å². The molecule has 0 aromatic heterocycles. The summed E-state index contributed by atoms with van der Waals surface area (Å²) >= 11 is 0. The molecule has 0 unspecified atom stereocenters. The van der Waals surface area contributed by atoms with Crippen LogP contribution in [0.4, 0.5) is 22.0 Å². The van der Waals surface area contributed by atoms with Gasteiger partial charge in [-0.2, -0.15) is 13.2 Å². The zero-order chi connectivity index (χ0) is 29.4. The molecule has 222 valence electrons. The van der Waals surface area contributed by atoms with Gasteiger partial charge in [0, 0.05) is 5.56 Å². The molecule has 1 fully saturated rings. The fourth-order valence-corrected chi connectivity index (χ4v) is 5.40. The van der Waals surface area contributed by atoms with Gasteiger partial charge in [0.15, 0.2) is 23.1 Å². The van der Waals surface area contributed by atoms with Crippen LogP contribution in [-0.2, 0) is 6.61 Å². The lowest BCUT2D eigenvalue weighted by atomic mass is 9.76. The molecule has 0 aliphatic heterocycles. The topological polar surface area (TPSA) is 27.7 Å². The zero-order valence-electron chi connectivity index (χ0n) is 23.6. The Hall–Kier alpha value is -3.29. The van der Waals surface area contributed by atoms with Gasteiger partial charge in [-0.25, -0.2) is 8.78 Å². The molecule has 0 heterocycles. The van der Waals surface area contributed by atoms with Crippen molar-refractivity contribution in [2.75, 3.05) is 13.2 Å². The highest BCUT2D eigenvalue weighted by atomic mass is 19.2. The van der Waals surface area contributed by atoms with Crippen molar-refractivity contribution < 1.29 is 36.2 Å². The molecule has 8 heteroatoms. The highest BCUT2D eigenvalue weighted by molar-refractivity contribution is 5.36. The lowest BCUT2D eigenvalue weighted by Crippen LogP contribution is -2.14. The van der Waals surface area contributed by atoms with Crippen LogP contribution in [0, 0.1) is 29.1 Å². The first-order valence-corrected chi connectivity index (χ1v) is 14.5. The molecule has 3 aromatic carbocycles. The van der Waals surface area contributed by atoms with E-state index < -0.39 is 29.1 Å². The molecule has 3 aromatic rings. The van der Waals surface area contributed by atoms with E-state index in [2.05, 4.69) is 6.92 Å². The first-order valence-electron chi connectivity index (χ1n) is 14.5. The molecule has 1 aliphatic carbocycles. The Kier molecular flexibility index (Phi) is 10.9. The fourth-order valence-electron chi connectivity index (χ4n) is 5.40. The van der Waals surface area contributed by atoms with Gasteiger partial charge in [-0.15, -0.1) is 0 Å². The van der Waals surface area contributed by atoms with Crippen LogP contribution in [0.25, 0.3) is 0 Å². The van der Waals surface area contributed by atoms with E-state index in [4.69, 9.17) is 14.2 Å². The van der Waals surface area contributed by atoms with Gasteiger partial charge in [0.2, 0.25) is 17.5 Å². The Bertz CT molecular complexity index is 1300. The predicted octanol–water partition coefficient (Wildman–Crippen LogP) is 9.76. The molecule has 1 saturated carbocycles. The van der Waals surface area contributed by atoms with E-state index in [-0.39, 0.29) is 47.9 Å². The summed E-state index contributed by atoms with van der Waals surface area (Å²) in [6.07, 6.45) is 6.52. The van der Waals surface area contributed by atoms with E-state index in [1.165, 1.54) is 24.3 Å². The molecule has 4 rings (SSSR count). The molecule has 3 nitrogen and oxygen atoms in total. The average Bonchev–Trinajstić information content (AvgIpc) is 2.98. The smallest absolute Gasteiger partial charge is 0.204 e. The third-order valence-corrected chi connectivity index (χ3v) is 7.74. The SMILES string of the molecule is CCCCCCOc1ccc(OCc2ccc(C3CCC(c4ccc(OCC)c(F)c4F)CC3)cc2F)c(F)c1F. The summed E-state index contributed by atoms with van der Waals surface area (Å²) < 4.78 is 88.8. The monoisotopic (exact) mass is 576 g/mol. The summed E-state index contributed by atoms with van der Waals surface area (Å²) in [6.45, 7) is 4.07. The number of benzene rings is 3. The molecule has 0 saturated heterocycles. The van der Waals surface area contributed by atoms with Crippen molar-refractivity contribution in [2.24, 2.45) is 0 Å². The Balaban J connectivity index is 1.32. The fraction of sp³-hybridized carbons (Fsp3) is 0.455. The maximum absolute atomic E-state index is 14.9. The minimum atomic E-state index is -1.17. The summed E-state index contributed by atoms with van der Waals surface area (Å²) in [7, 11) is 0. The van der Waals surface area contributed by atoms with Crippen LogP contribution >= 0.6 is 0 Å². The molecule has 0 spiro atoms. The van der Waals surface area contributed by atoms with E-state index in [9.17, 15) is 22.0 Å². The molecule has 0 atom stereocenters. The first-order chi connectivity index (χ1) is 19.8. The number of rotatable bonds is 13. The first kappa shape index (κ1) is 30.7. The third kappa shape index (κ3) is 7.52. The molecule has 41 heavy (non-hydrogen) atoms. The van der Waals surface area contributed by atoms with Crippen LogP contribution in [0.2, 0.25) is 0 Å². The lowest BCUT2D eigenvalue weighted by Gasteiger charge is -2.29. The number of halogens is 5. The van der Waals surface area contributed by atoms with Crippen molar-refractivity contribution in [3.05, 3.63) is 88.2 Å². The highest BCUT2D eigenvalue weighted by Gasteiger charge is 2.28. The average molecular weight is 577 g/mol. The minimum absolute atomic E-state index is 0.0763. The van der Waals surface area contributed by atoms with Gasteiger partial charge >= 0.3 is 0 Å². The van der Waals surface area contributed by atoms with Gasteiger partial charge in [0.05, 0.1) is 13.2 Å². The quantitative estimate of drug-likeness (QED) is 0.150. The normalized spacial score (nSPS) is 17.0. The molecule has 0 bridgehead atoms. The summed E-state index contributed by atoms with van der Waals surface area (Å²) in [5.41, 5.74) is 1.37. The Labute approximate surface area is 238 Å². The van der Waals surface area contributed by atoms with Crippen LogP contribution in [0.5, 0.6) is 17.2 Å². The van der Waals surface area contributed by atoms with E-state index in [1.54, 1.807) is 25.1 Å².